The molecule has 0 spiro atoms. The molecule has 9 nitrogen and oxygen atoms in total. The minimum absolute atomic E-state index is 0.0290. The molecule has 0 saturated carbocycles. The molecule has 1 heterocycles. The van der Waals surface area contributed by atoms with E-state index in [1.165, 1.54) is 21.3 Å². The third-order valence-electron chi connectivity index (χ3n) is 4.69. The summed E-state index contributed by atoms with van der Waals surface area (Å²) in [6.45, 7) is 2.80. The quantitative estimate of drug-likeness (QED) is 0.431. The first-order valence-corrected chi connectivity index (χ1v) is 10.3. The molecule has 0 radical (unpaired) electrons. The van der Waals surface area contributed by atoms with Crippen LogP contribution >= 0.6 is 0 Å². The lowest BCUT2D eigenvalue weighted by Crippen LogP contribution is -2.12. The summed E-state index contributed by atoms with van der Waals surface area (Å²) in [6, 6.07) is 10.2. The van der Waals surface area contributed by atoms with Crippen LogP contribution in [0.5, 0.6) is 23.0 Å². The minimum atomic E-state index is -0.373. The number of anilines is 1. The second-order valence-electron chi connectivity index (χ2n) is 6.86. The topological polar surface area (TPSA) is 105 Å². The van der Waals surface area contributed by atoms with Crippen LogP contribution in [0.4, 0.5) is 6.01 Å². The van der Waals surface area contributed by atoms with E-state index in [1.807, 2.05) is 0 Å². The van der Waals surface area contributed by atoms with E-state index in [2.05, 4.69) is 22.4 Å². The summed E-state index contributed by atoms with van der Waals surface area (Å²) in [5.41, 5.74) is 0.996. The zero-order valence-corrected chi connectivity index (χ0v) is 18.6. The van der Waals surface area contributed by atoms with Gasteiger partial charge in [-0.1, -0.05) is 24.9 Å². The predicted molar refractivity (Wildman–Crippen MR) is 119 cm³/mol. The molecule has 1 N–H and O–H groups in total. The molecule has 0 unspecified atom stereocenters. The van der Waals surface area contributed by atoms with E-state index in [0.717, 1.165) is 25.0 Å². The maximum Gasteiger partial charge on any atom is 0.322 e. The van der Waals surface area contributed by atoms with E-state index in [4.69, 9.17) is 23.4 Å². The van der Waals surface area contributed by atoms with Crippen molar-refractivity contribution in [3.05, 3.63) is 42.0 Å². The standard InChI is InChI=1S/C23H27N3O6/c1-5-6-7-12-31-17-10-8-15(9-11-17)21(27)24-23-26-25-22(32-23)16-13-18(28-2)20(30-4)19(14-16)29-3/h8-11,13-14H,5-7,12H2,1-4H3,(H,24,26,27). The number of nitrogens with zero attached hydrogens (tertiary/aromatic N) is 2. The fourth-order valence-electron chi connectivity index (χ4n) is 3.01. The molecule has 0 bridgehead atoms. The van der Waals surface area contributed by atoms with Gasteiger partial charge in [-0.25, -0.2) is 0 Å². The largest absolute Gasteiger partial charge is 0.494 e. The van der Waals surface area contributed by atoms with Crippen LogP contribution in [0.3, 0.4) is 0 Å². The van der Waals surface area contributed by atoms with Gasteiger partial charge in [0.25, 0.3) is 5.91 Å². The SMILES string of the molecule is CCCCCOc1ccc(C(=O)Nc2nnc(-c3cc(OC)c(OC)c(OC)c3)o2)cc1. The van der Waals surface area contributed by atoms with E-state index in [-0.39, 0.29) is 17.8 Å². The minimum Gasteiger partial charge on any atom is -0.494 e. The number of methoxy groups -OCH3 is 3. The van der Waals surface area contributed by atoms with Crippen LogP contribution in [0.25, 0.3) is 11.5 Å². The Morgan fingerprint density at radius 2 is 1.66 bits per heavy atom. The summed E-state index contributed by atoms with van der Waals surface area (Å²) >= 11 is 0. The van der Waals surface area contributed by atoms with Crippen LogP contribution in [-0.4, -0.2) is 44.0 Å². The van der Waals surface area contributed by atoms with E-state index >= 15 is 0 Å². The van der Waals surface area contributed by atoms with E-state index in [0.29, 0.717) is 35.0 Å². The van der Waals surface area contributed by atoms with Crippen LogP contribution in [0.2, 0.25) is 0 Å². The Labute approximate surface area is 186 Å². The van der Waals surface area contributed by atoms with Gasteiger partial charge in [-0.2, -0.15) is 0 Å². The average molecular weight is 441 g/mol. The monoisotopic (exact) mass is 441 g/mol. The number of hydrogen-bond donors (Lipinski definition) is 1. The highest BCUT2D eigenvalue weighted by Crippen LogP contribution is 2.41. The molecule has 0 atom stereocenters. The molecule has 2 aromatic carbocycles. The van der Waals surface area contributed by atoms with Gasteiger partial charge in [0.2, 0.25) is 11.6 Å². The molecule has 9 heteroatoms. The number of aromatic nitrogens is 2. The lowest BCUT2D eigenvalue weighted by molar-refractivity contribution is 0.102. The fraction of sp³-hybridized carbons (Fsp3) is 0.348. The molecule has 0 aliphatic carbocycles. The van der Waals surface area contributed by atoms with Crippen molar-refractivity contribution in [2.45, 2.75) is 26.2 Å². The molecule has 1 amide bonds. The first-order chi connectivity index (χ1) is 15.6. The third-order valence-corrected chi connectivity index (χ3v) is 4.69. The zero-order chi connectivity index (χ0) is 22.9. The molecule has 32 heavy (non-hydrogen) atoms. The van der Waals surface area contributed by atoms with Gasteiger partial charge in [0.15, 0.2) is 11.5 Å². The van der Waals surface area contributed by atoms with E-state index in [9.17, 15) is 4.79 Å². The molecule has 170 valence electrons. The fourth-order valence-corrected chi connectivity index (χ4v) is 3.01. The van der Waals surface area contributed by atoms with Crippen molar-refractivity contribution in [2.24, 2.45) is 0 Å². The van der Waals surface area contributed by atoms with Gasteiger partial charge in [0.1, 0.15) is 5.75 Å². The molecule has 0 aliphatic rings. The number of rotatable bonds is 11. The Morgan fingerprint density at radius 3 is 2.25 bits per heavy atom. The Hall–Kier alpha value is -3.75. The summed E-state index contributed by atoms with van der Waals surface area (Å²) in [5, 5.41) is 10.5. The van der Waals surface area contributed by atoms with Gasteiger partial charge in [-0.3, -0.25) is 10.1 Å². The van der Waals surface area contributed by atoms with Crippen LogP contribution in [0.15, 0.2) is 40.8 Å². The van der Waals surface area contributed by atoms with E-state index in [1.54, 1.807) is 36.4 Å². The number of benzene rings is 2. The van der Waals surface area contributed by atoms with Crippen molar-refractivity contribution in [3.8, 4) is 34.5 Å². The van der Waals surface area contributed by atoms with Crippen molar-refractivity contribution in [3.63, 3.8) is 0 Å². The Balaban J connectivity index is 1.68. The third kappa shape index (κ3) is 5.48. The molecule has 0 saturated heterocycles. The first-order valence-electron chi connectivity index (χ1n) is 10.3. The first kappa shape index (κ1) is 22.9. The van der Waals surface area contributed by atoms with Crippen molar-refractivity contribution in [1.82, 2.24) is 10.2 Å². The smallest absolute Gasteiger partial charge is 0.322 e. The maximum atomic E-state index is 12.5. The number of hydrogen-bond acceptors (Lipinski definition) is 8. The van der Waals surface area contributed by atoms with Crippen molar-refractivity contribution in [1.29, 1.82) is 0 Å². The lowest BCUT2D eigenvalue weighted by Gasteiger charge is -2.12. The van der Waals surface area contributed by atoms with Gasteiger partial charge in [-0.05, 0) is 42.8 Å². The second kappa shape index (κ2) is 11.0. The number of amides is 1. The summed E-state index contributed by atoms with van der Waals surface area (Å²) in [7, 11) is 4.55. The summed E-state index contributed by atoms with van der Waals surface area (Å²) in [5.74, 6) is 1.88. The molecular formula is C23H27N3O6. The van der Waals surface area contributed by atoms with Crippen molar-refractivity contribution in [2.75, 3.05) is 33.3 Å². The van der Waals surface area contributed by atoms with Gasteiger partial charge in [0, 0.05) is 11.1 Å². The molecule has 3 rings (SSSR count). The Kier molecular flexibility index (Phi) is 7.91. The highest BCUT2D eigenvalue weighted by atomic mass is 16.5. The number of ether oxygens (including phenoxy) is 4. The Bertz CT molecular complexity index is 1010. The summed E-state index contributed by atoms with van der Waals surface area (Å²) < 4.78 is 27.3. The number of carbonyl (C=O) groups is 1. The van der Waals surface area contributed by atoms with Crippen LogP contribution in [0.1, 0.15) is 36.5 Å². The van der Waals surface area contributed by atoms with Crippen molar-refractivity contribution >= 4 is 11.9 Å². The average Bonchev–Trinajstić information content (AvgIpc) is 3.29. The second-order valence-corrected chi connectivity index (χ2v) is 6.86. The lowest BCUT2D eigenvalue weighted by atomic mass is 10.2. The zero-order valence-electron chi connectivity index (χ0n) is 18.6. The summed E-state index contributed by atoms with van der Waals surface area (Å²) in [6.07, 6.45) is 3.27. The van der Waals surface area contributed by atoms with Gasteiger partial charge in [0.05, 0.1) is 27.9 Å². The number of nitrogens with one attached hydrogen (secondary N) is 1. The normalized spacial score (nSPS) is 10.5. The van der Waals surface area contributed by atoms with Crippen molar-refractivity contribution < 1.29 is 28.2 Å². The number of carbonyl (C=O) groups excluding carboxylic acids is 1. The van der Waals surface area contributed by atoms with Crippen LogP contribution in [0, 0.1) is 0 Å². The molecule has 1 aromatic heterocycles. The highest BCUT2D eigenvalue weighted by molar-refractivity contribution is 6.03. The molecular weight excluding hydrogens is 414 g/mol. The van der Waals surface area contributed by atoms with E-state index < -0.39 is 0 Å². The van der Waals surface area contributed by atoms with Gasteiger partial charge < -0.3 is 23.4 Å². The maximum absolute atomic E-state index is 12.5. The van der Waals surface area contributed by atoms with Crippen LogP contribution in [-0.2, 0) is 0 Å². The predicted octanol–water partition coefficient (Wildman–Crippen LogP) is 4.58. The highest BCUT2D eigenvalue weighted by Gasteiger charge is 2.18. The Morgan fingerprint density at radius 1 is 0.969 bits per heavy atom. The molecule has 0 fully saturated rings. The molecule has 3 aromatic rings. The van der Waals surface area contributed by atoms with Crippen LogP contribution < -0.4 is 24.3 Å². The summed E-state index contributed by atoms with van der Waals surface area (Å²) in [4.78, 5) is 12.5. The van der Waals surface area contributed by atoms with Gasteiger partial charge in [-0.15, -0.1) is 5.10 Å². The van der Waals surface area contributed by atoms with Gasteiger partial charge >= 0.3 is 6.01 Å². The molecule has 0 aliphatic heterocycles. The number of unbranched alkanes of at least 4 members (excludes halogenated alkanes) is 2.